The van der Waals surface area contributed by atoms with E-state index < -0.39 is 16.8 Å². The summed E-state index contributed by atoms with van der Waals surface area (Å²) < 4.78 is 10.9. The van der Waals surface area contributed by atoms with Gasteiger partial charge in [-0.05, 0) is 56.4 Å². The molecule has 2 aromatic heterocycles. The Bertz CT molecular complexity index is 1480. The van der Waals surface area contributed by atoms with Crippen molar-refractivity contribution < 1.29 is 23.7 Å². The number of nitrogens with one attached hydrogen (secondary N) is 1. The fourth-order valence-corrected chi connectivity index (χ4v) is 5.73. The molecular formula is C25H19Cl2N3O6S. The number of nitriles is 1. The molecule has 1 aromatic carbocycles. The summed E-state index contributed by atoms with van der Waals surface area (Å²) in [6.07, 6.45) is 4.72. The maximum Gasteiger partial charge on any atom is 0.341 e. The van der Waals surface area contributed by atoms with Gasteiger partial charge in [0.1, 0.15) is 33.2 Å². The van der Waals surface area contributed by atoms with Crippen LogP contribution in [0.5, 0.6) is 0 Å². The Labute approximate surface area is 225 Å². The Hall–Kier alpha value is -3.65. The van der Waals surface area contributed by atoms with Gasteiger partial charge in [-0.1, -0.05) is 23.2 Å². The first-order valence-corrected chi connectivity index (χ1v) is 12.8. The van der Waals surface area contributed by atoms with Crippen molar-refractivity contribution in [2.45, 2.75) is 32.6 Å². The van der Waals surface area contributed by atoms with E-state index in [-0.39, 0.29) is 39.4 Å². The molecular weight excluding hydrogens is 541 g/mol. The molecule has 1 aliphatic carbocycles. The number of rotatable bonds is 7. The van der Waals surface area contributed by atoms with Gasteiger partial charge in [-0.15, -0.1) is 11.3 Å². The average molecular weight is 560 g/mol. The van der Waals surface area contributed by atoms with E-state index in [1.165, 1.54) is 35.6 Å². The summed E-state index contributed by atoms with van der Waals surface area (Å²) in [6.45, 7) is 1.91. The number of benzene rings is 1. The molecule has 37 heavy (non-hydrogen) atoms. The minimum absolute atomic E-state index is 0.0485. The van der Waals surface area contributed by atoms with Crippen LogP contribution in [0.15, 0.2) is 34.3 Å². The summed E-state index contributed by atoms with van der Waals surface area (Å²) in [7, 11) is 0. The number of ether oxygens (including phenoxy) is 1. The topological polar surface area (TPSA) is 135 Å². The number of nitro groups is 1. The van der Waals surface area contributed by atoms with Gasteiger partial charge in [0.15, 0.2) is 0 Å². The lowest BCUT2D eigenvalue weighted by molar-refractivity contribution is -0.384. The minimum Gasteiger partial charge on any atom is -0.462 e. The maximum atomic E-state index is 13.0. The van der Waals surface area contributed by atoms with Crippen LogP contribution in [-0.2, 0) is 22.4 Å². The fourth-order valence-electron chi connectivity index (χ4n) is 3.97. The number of hydrogen-bond acceptors (Lipinski definition) is 8. The normalized spacial score (nSPS) is 13.0. The van der Waals surface area contributed by atoms with E-state index in [1.807, 2.05) is 6.07 Å². The van der Waals surface area contributed by atoms with Crippen LogP contribution >= 0.6 is 34.5 Å². The Morgan fingerprint density at radius 2 is 2.03 bits per heavy atom. The maximum absolute atomic E-state index is 13.0. The number of amides is 1. The van der Waals surface area contributed by atoms with E-state index in [9.17, 15) is 25.0 Å². The van der Waals surface area contributed by atoms with E-state index in [2.05, 4.69) is 5.32 Å². The third-order valence-corrected chi connectivity index (χ3v) is 7.48. The lowest BCUT2D eigenvalue weighted by Crippen LogP contribution is -2.16. The molecule has 9 nitrogen and oxygen atoms in total. The highest BCUT2D eigenvalue weighted by molar-refractivity contribution is 7.17. The van der Waals surface area contributed by atoms with Crippen LogP contribution in [0.4, 0.5) is 10.7 Å². The molecule has 1 N–H and O–H groups in total. The third-order valence-electron chi connectivity index (χ3n) is 5.66. The zero-order valence-electron chi connectivity index (χ0n) is 19.4. The van der Waals surface area contributed by atoms with Crippen molar-refractivity contribution in [3.8, 4) is 17.4 Å². The van der Waals surface area contributed by atoms with Crippen molar-refractivity contribution in [3.63, 3.8) is 0 Å². The fraction of sp³-hybridized carbons (Fsp3) is 0.240. The number of furan rings is 1. The zero-order valence-corrected chi connectivity index (χ0v) is 21.8. The first kappa shape index (κ1) is 26.4. The molecule has 0 spiro atoms. The standard InChI is InChI=1S/C25H19Cl2N3O6S/c1-2-35-25(32)22-15-5-3-4-6-21(15)37-24(22)29-23(31)13(12-28)9-14-7-8-20(36-14)16-10-18(27)19(30(33)34)11-17(16)26/h7-11H,2-6H2,1H3,(H,29,31). The van der Waals surface area contributed by atoms with Crippen LogP contribution in [0.2, 0.25) is 10.0 Å². The minimum atomic E-state index is -0.707. The van der Waals surface area contributed by atoms with Gasteiger partial charge in [0.05, 0.1) is 22.1 Å². The first-order valence-electron chi connectivity index (χ1n) is 11.2. The van der Waals surface area contributed by atoms with Crippen molar-refractivity contribution in [3.05, 3.63) is 71.8 Å². The second-order valence-corrected chi connectivity index (χ2v) is 9.92. The second kappa shape index (κ2) is 11.2. The lowest BCUT2D eigenvalue weighted by Gasteiger charge is -2.12. The van der Waals surface area contributed by atoms with Crippen molar-refractivity contribution >= 4 is 63.2 Å². The lowest BCUT2D eigenvalue weighted by atomic mass is 9.95. The SMILES string of the molecule is CCOC(=O)c1c(NC(=O)C(C#N)=Cc2ccc(-c3cc(Cl)c([N+](=O)[O-])cc3Cl)o2)sc2c1CCCC2. The van der Waals surface area contributed by atoms with Gasteiger partial charge < -0.3 is 14.5 Å². The van der Waals surface area contributed by atoms with E-state index in [4.69, 9.17) is 32.4 Å². The largest absolute Gasteiger partial charge is 0.462 e. The highest BCUT2D eigenvalue weighted by Crippen LogP contribution is 2.39. The number of carbonyl (C=O) groups excluding carboxylic acids is 2. The zero-order chi connectivity index (χ0) is 26.7. The van der Waals surface area contributed by atoms with Gasteiger partial charge in [0.25, 0.3) is 11.6 Å². The van der Waals surface area contributed by atoms with E-state index in [0.29, 0.717) is 16.1 Å². The monoisotopic (exact) mass is 559 g/mol. The molecule has 4 rings (SSSR count). The molecule has 0 aliphatic heterocycles. The Morgan fingerprint density at radius 1 is 1.27 bits per heavy atom. The predicted molar refractivity (Wildman–Crippen MR) is 140 cm³/mol. The summed E-state index contributed by atoms with van der Waals surface area (Å²) >= 11 is 13.5. The van der Waals surface area contributed by atoms with E-state index in [0.717, 1.165) is 42.2 Å². The molecule has 1 aliphatic rings. The Morgan fingerprint density at radius 3 is 2.73 bits per heavy atom. The van der Waals surface area contributed by atoms with Crippen molar-refractivity contribution in [1.82, 2.24) is 0 Å². The van der Waals surface area contributed by atoms with Crippen LogP contribution < -0.4 is 5.32 Å². The van der Waals surface area contributed by atoms with Gasteiger partial charge in [-0.25, -0.2) is 4.79 Å². The Balaban J connectivity index is 1.61. The molecule has 0 fully saturated rings. The summed E-state index contributed by atoms with van der Waals surface area (Å²) in [6, 6.07) is 7.33. The number of nitro benzene ring substituents is 1. The molecule has 0 radical (unpaired) electrons. The van der Waals surface area contributed by atoms with Gasteiger partial charge in [-0.2, -0.15) is 5.26 Å². The van der Waals surface area contributed by atoms with Crippen LogP contribution in [0.3, 0.4) is 0 Å². The summed E-state index contributed by atoms with van der Waals surface area (Å²) in [5.41, 5.74) is 0.944. The number of anilines is 1. The quantitative estimate of drug-likeness (QED) is 0.110. The van der Waals surface area contributed by atoms with Crippen LogP contribution in [0, 0.1) is 21.4 Å². The number of esters is 1. The molecule has 0 atom stereocenters. The number of carbonyl (C=O) groups is 2. The average Bonchev–Trinajstić information content (AvgIpc) is 3.47. The molecule has 0 saturated carbocycles. The van der Waals surface area contributed by atoms with Gasteiger partial charge in [0.2, 0.25) is 0 Å². The molecule has 0 bridgehead atoms. The highest BCUT2D eigenvalue weighted by Gasteiger charge is 2.28. The van der Waals surface area contributed by atoms with Crippen LogP contribution in [0.1, 0.15) is 46.3 Å². The Kier molecular flexibility index (Phi) is 7.97. The van der Waals surface area contributed by atoms with Gasteiger partial charge >= 0.3 is 5.97 Å². The molecule has 0 unspecified atom stereocenters. The molecule has 3 aromatic rings. The van der Waals surface area contributed by atoms with Crippen molar-refractivity contribution in [2.24, 2.45) is 0 Å². The number of nitrogens with zero attached hydrogens (tertiary/aromatic N) is 2. The first-order chi connectivity index (χ1) is 17.7. The number of halogens is 2. The second-order valence-electron chi connectivity index (χ2n) is 8.00. The molecule has 1 amide bonds. The highest BCUT2D eigenvalue weighted by atomic mass is 35.5. The smallest absolute Gasteiger partial charge is 0.341 e. The summed E-state index contributed by atoms with van der Waals surface area (Å²) in [5.74, 6) is -0.806. The number of aryl methyl sites for hydroxylation is 1. The van der Waals surface area contributed by atoms with E-state index >= 15 is 0 Å². The summed E-state index contributed by atoms with van der Waals surface area (Å²) in [5, 5.41) is 23.7. The number of thiophene rings is 1. The van der Waals surface area contributed by atoms with Gasteiger partial charge in [-0.3, -0.25) is 14.9 Å². The third kappa shape index (κ3) is 5.54. The predicted octanol–water partition coefficient (Wildman–Crippen LogP) is 6.82. The number of hydrogen-bond donors (Lipinski definition) is 1. The van der Waals surface area contributed by atoms with Gasteiger partial charge in [0, 0.05) is 22.6 Å². The van der Waals surface area contributed by atoms with Crippen molar-refractivity contribution in [2.75, 3.05) is 11.9 Å². The molecule has 12 heteroatoms. The van der Waals surface area contributed by atoms with Crippen LogP contribution in [-0.4, -0.2) is 23.4 Å². The number of fused-ring (bicyclic) bond motifs is 1. The summed E-state index contributed by atoms with van der Waals surface area (Å²) in [4.78, 5) is 37.1. The van der Waals surface area contributed by atoms with Crippen LogP contribution in [0.25, 0.3) is 17.4 Å². The van der Waals surface area contributed by atoms with Crippen molar-refractivity contribution in [1.29, 1.82) is 5.26 Å². The molecule has 190 valence electrons. The van der Waals surface area contributed by atoms with E-state index in [1.54, 1.807) is 6.92 Å². The molecule has 0 saturated heterocycles. The molecule has 2 heterocycles.